The van der Waals surface area contributed by atoms with Crippen LogP contribution in [0.15, 0.2) is 48.5 Å². The highest BCUT2D eigenvalue weighted by Gasteiger charge is 2.21. The molecule has 0 bridgehead atoms. The summed E-state index contributed by atoms with van der Waals surface area (Å²) in [5, 5.41) is -0.642. The van der Waals surface area contributed by atoms with E-state index in [1.165, 1.54) is 83.5 Å². The number of carbonyl (C=O) groups excluding carboxylic acids is 1. The molecule has 0 heterocycles. The largest absolute Gasteiger partial charge is 0.494 e. The molecular weight excluding hydrogens is 480 g/mol. The Morgan fingerprint density at radius 1 is 0.649 bits per heavy atom. The second-order valence-corrected chi connectivity index (χ2v) is 11.0. The SMILES string of the molecule is CCCCCCCCCCCCCCCCOc1ccc(-c2ccc(OC(=O)C(Cl)C(C)C)cc2)cc1. The topological polar surface area (TPSA) is 35.5 Å². The van der Waals surface area contributed by atoms with Crippen molar-refractivity contribution in [1.82, 2.24) is 0 Å². The van der Waals surface area contributed by atoms with Crippen molar-refractivity contribution in [1.29, 1.82) is 0 Å². The van der Waals surface area contributed by atoms with Crippen molar-refractivity contribution in [2.75, 3.05) is 6.61 Å². The van der Waals surface area contributed by atoms with Crippen LogP contribution in [-0.2, 0) is 4.79 Å². The van der Waals surface area contributed by atoms with Gasteiger partial charge in [-0.25, -0.2) is 0 Å². The van der Waals surface area contributed by atoms with E-state index in [9.17, 15) is 4.79 Å². The molecule has 0 aliphatic heterocycles. The van der Waals surface area contributed by atoms with Crippen molar-refractivity contribution in [2.24, 2.45) is 5.92 Å². The van der Waals surface area contributed by atoms with Crippen LogP contribution in [0.4, 0.5) is 0 Å². The molecule has 1 unspecified atom stereocenters. The van der Waals surface area contributed by atoms with Crippen molar-refractivity contribution in [3.63, 3.8) is 0 Å². The molecule has 3 nitrogen and oxygen atoms in total. The van der Waals surface area contributed by atoms with Crippen LogP contribution in [-0.4, -0.2) is 18.0 Å². The van der Waals surface area contributed by atoms with Gasteiger partial charge in [-0.3, -0.25) is 4.79 Å². The summed E-state index contributed by atoms with van der Waals surface area (Å²) >= 11 is 6.08. The van der Waals surface area contributed by atoms with Crippen LogP contribution in [0.25, 0.3) is 11.1 Å². The summed E-state index contributed by atoms with van der Waals surface area (Å²) in [6, 6.07) is 15.7. The number of halogens is 1. The summed E-state index contributed by atoms with van der Waals surface area (Å²) < 4.78 is 11.3. The van der Waals surface area contributed by atoms with Crippen molar-refractivity contribution < 1.29 is 14.3 Å². The molecule has 1 atom stereocenters. The monoisotopic (exact) mass is 528 g/mol. The van der Waals surface area contributed by atoms with Crippen LogP contribution in [0.2, 0.25) is 0 Å². The van der Waals surface area contributed by atoms with E-state index >= 15 is 0 Å². The lowest BCUT2D eigenvalue weighted by atomic mass is 10.0. The molecule has 4 heteroatoms. The highest BCUT2D eigenvalue weighted by Crippen LogP contribution is 2.25. The molecule has 0 aromatic heterocycles. The number of carbonyl (C=O) groups is 1. The van der Waals surface area contributed by atoms with Crippen molar-refractivity contribution in [3.8, 4) is 22.6 Å². The van der Waals surface area contributed by atoms with Crippen molar-refractivity contribution >= 4 is 17.6 Å². The van der Waals surface area contributed by atoms with E-state index in [0.717, 1.165) is 29.9 Å². The third kappa shape index (κ3) is 13.4. The van der Waals surface area contributed by atoms with Crippen molar-refractivity contribution in [3.05, 3.63) is 48.5 Å². The number of alkyl halides is 1. The molecule has 37 heavy (non-hydrogen) atoms. The smallest absolute Gasteiger partial charge is 0.329 e. The van der Waals surface area contributed by atoms with Crippen LogP contribution in [0.5, 0.6) is 11.5 Å². The van der Waals surface area contributed by atoms with Crippen LogP contribution < -0.4 is 9.47 Å². The fourth-order valence-electron chi connectivity index (χ4n) is 4.39. The van der Waals surface area contributed by atoms with Crippen molar-refractivity contribution in [2.45, 2.75) is 116 Å². The second-order valence-electron chi connectivity index (χ2n) is 10.6. The maximum atomic E-state index is 12.0. The Kier molecular flexibility index (Phi) is 16.1. The zero-order valence-corrected chi connectivity index (χ0v) is 24.2. The Bertz CT molecular complexity index is 845. The number of benzene rings is 2. The van der Waals surface area contributed by atoms with E-state index in [1.807, 2.05) is 38.1 Å². The Morgan fingerprint density at radius 2 is 1.05 bits per heavy atom. The molecule has 0 radical (unpaired) electrons. The van der Waals surface area contributed by atoms with Gasteiger partial charge in [-0.2, -0.15) is 0 Å². The minimum absolute atomic E-state index is 0.0311. The lowest BCUT2D eigenvalue weighted by Crippen LogP contribution is -2.25. The van der Waals surface area contributed by atoms with Gasteiger partial charge in [0, 0.05) is 0 Å². The Labute approximate surface area is 231 Å². The first-order valence-corrected chi connectivity index (χ1v) is 15.1. The number of rotatable bonds is 20. The molecule has 0 saturated heterocycles. The highest BCUT2D eigenvalue weighted by molar-refractivity contribution is 6.30. The quantitative estimate of drug-likeness (QED) is 0.0741. The van der Waals surface area contributed by atoms with Crippen LogP contribution >= 0.6 is 11.6 Å². The zero-order valence-electron chi connectivity index (χ0n) is 23.5. The third-order valence-corrected chi connectivity index (χ3v) is 7.52. The summed E-state index contributed by atoms with van der Waals surface area (Å²) in [7, 11) is 0. The van der Waals surface area contributed by atoms with Gasteiger partial charge in [0.25, 0.3) is 0 Å². The van der Waals surface area contributed by atoms with Gasteiger partial charge < -0.3 is 9.47 Å². The van der Waals surface area contributed by atoms with E-state index in [0.29, 0.717) is 5.75 Å². The summed E-state index contributed by atoms with van der Waals surface area (Å²) in [4.78, 5) is 12.0. The van der Waals surface area contributed by atoms with Gasteiger partial charge in [0.15, 0.2) is 0 Å². The van der Waals surface area contributed by atoms with E-state index in [-0.39, 0.29) is 5.92 Å². The second kappa shape index (κ2) is 19.1. The molecule has 0 spiro atoms. The standard InChI is InChI=1S/C33H49ClO3/c1-4-5-6-7-8-9-10-11-12-13-14-15-16-17-26-36-30-22-18-28(19-23-30)29-20-24-31(25-21-29)37-33(35)32(34)27(2)3/h18-25,27,32H,4-17,26H2,1-3H3. The molecule has 0 saturated carbocycles. The number of hydrogen-bond donors (Lipinski definition) is 0. The van der Waals surface area contributed by atoms with Gasteiger partial charge in [0.2, 0.25) is 0 Å². The van der Waals surface area contributed by atoms with Gasteiger partial charge in [-0.15, -0.1) is 11.6 Å². The maximum Gasteiger partial charge on any atom is 0.329 e. The minimum Gasteiger partial charge on any atom is -0.494 e. The fourth-order valence-corrected chi connectivity index (χ4v) is 4.43. The van der Waals surface area contributed by atoms with E-state index in [1.54, 1.807) is 12.1 Å². The van der Waals surface area contributed by atoms with Crippen LogP contribution in [0, 0.1) is 5.92 Å². The molecule has 0 aliphatic rings. The molecule has 0 fully saturated rings. The van der Waals surface area contributed by atoms with Gasteiger partial charge >= 0.3 is 5.97 Å². The molecular formula is C33H49ClO3. The average molecular weight is 529 g/mol. The normalized spacial score (nSPS) is 12.0. The van der Waals surface area contributed by atoms with Gasteiger partial charge in [0.05, 0.1) is 6.61 Å². The first kappa shape index (κ1) is 31.2. The summed E-state index contributed by atoms with van der Waals surface area (Å²) in [5.41, 5.74) is 2.16. The highest BCUT2D eigenvalue weighted by atomic mass is 35.5. The van der Waals surface area contributed by atoms with Crippen LogP contribution in [0.1, 0.15) is 111 Å². The Morgan fingerprint density at radius 3 is 1.49 bits per heavy atom. The fraction of sp³-hybridized carbons (Fsp3) is 0.606. The van der Waals surface area contributed by atoms with Gasteiger partial charge in [0.1, 0.15) is 16.9 Å². The first-order chi connectivity index (χ1) is 18.0. The number of hydrogen-bond acceptors (Lipinski definition) is 3. The van der Waals surface area contributed by atoms with E-state index in [2.05, 4.69) is 19.1 Å². The third-order valence-electron chi connectivity index (χ3n) is 6.84. The van der Waals surface area contributed by atoms with Crippen LogP contribution in [0.3, 0.4) is 0 Å². The molecule has 2 rings (SSSR count). The summed E-state index contributed by atoms with van der Waals surface area (Å²) in [6.07, 6.45) is 19.1. The Balaban J connectivity index is 1.54. The summed E-state index contributed by atoms with van der Waals surface area (Å²) in [5.74, 6) is 1.03. The lowest BCUT2D eigenvalue weighted by molar-refractivity contribution is -0.134. The van der Waals surface area contributed by atoms with Gasteiger partial charge in [-0.1, -0.05) is 129 Å². The first-order valence-electron chi connectivity index (χ1n) is 14.7. The minimum atomic E-state index is -0.642. The van der Waals surface area contributed by atoms with E-state index in [4.69, 9.17) is 21.1 Å². The van der Waals surface area contributed by atoms with Gasteiger partial charge in [-0.05, 0) is 47.7 Å². The molecule has 0 amide bonds. The van der Waals surface area contributed by atoms with E-state index < -0.39 is 11.3 Å². The molecule has 2 aromatic rings. The summed E-state index contributed by atoms with van der Waals surface area (Å²) in [6.45, 7) is 6.85. The molecule has 0 aliphatic carbocycles. The average Bonchev–Trinajstić information content (AvgIpc) is 2.91. The maximum absolute atomic E-state index is 12.0. The Hall–Kier alpha value is -2.00. The number of ether oxygens (including phenoxy) is 2. The predicted molar refractivity (Wildman–Crippen MR) is 158 cm³/mol. The number of unbranched alkanes of at least 4 members (excludes halogenated alkanes) is 13. The molecule has 0 N–H and O–H groups in total. The zero-order chi connectivity index (χ0) is 26.7. The lowest BCUT2D eigenvalue weighted by Gasteiger charge is -2.12. The predicted octanol–water partition coefficient (Wildman–Crippen LogP) is 10.4. The number of esters is 1. The molecule has 206 valence electrons. The molecule has 2 aromatic carbocycles.